The second kappa shape index (κ2) is 5.86. The summed E-state index contributed by atoms with van der Waals surface area (Å²) >= 11 is 0. The number of benzene rings is 1. The Morgan fingerprint density at radius 1 is 1.33 bits per heavy atom. The van der Waals surface area contributed by atoms with Crippen LogP contribution >= 0.6 is 0 Å². The van der Waals surface area contributed by atoms with E-state index in [1.54, 1.807) is 12.1 Å². The van der Waals surface area contributed by atoms with Gasteiger partial charge < -0.3 is 5.11 Å². The Balaban J connectivity index is 2.32. The van der Waals surface area contributed by atoms with Crippen LogP contribution in [0, 0.1) is 11.7 Å². The van der Waals surface area contributed by atoms with Crippen LogP contribution in [0.25, 0.3) is 0 Å². The Hall–Kier alpha value is -0.890. The lowest BCUT2D eigenvalue weighted by molar-refractivity contribution is 0.114. The Kier molecular flexibility index (Phi) is 4.76. The van der Waals surface area contributed by atoms with Gasteiger partial charge in [0.25, 0.3) is 0 Å². The highest BCUT2D eigenvalue weighted by molar-refractivity contribution is 5.16. The molecule has 0 aromatic heterocycles. The van der Waals surface area contributed by atoms with Crippen LogP contribution in [0.5, 0.6) is 0 Å². The Morgan fingerprint density at radius 2 is 2.07 bits per heavy atom. The van der Waals surface area contributed by atoms with Gasteiger partial charge >= 0.3 is 0 Å². The first-order valence-corrected chi connectivity index (χ1v) is 5.52. The Labute approximate surface area is 90.9 Å². The normalized spacial score (nSPS) is 13.1. The molecule has 1 aromatic rings. The monoisotopic (exact) mass is 210 g/mol. The number of aryl methyl sites for hydroxylation is 1. The molecule has 0 saturated carbocycles. The van der Waals surface area contributed by atoms with Crippen LogP contribution in [0.3, 0.4) is 0 Å². The molecule has 15 heavy (non-hydrogen) atoms. The fraction of sp³-hybridized carbons (Fsp3) is 0.538. The van der Waals surface area contributed by atoms with Crippen molar-refractivity contribution in [2.24, 2.45) is 5.92 Å². The number of rotatable bonds is 5. The Morgan fingerprint density at radius 3 is 2.67 bits per heavy atom. The van der Waals surface area contributed by atoms with Crippen molar-refractivity contribution < 1.29 is 9.50 Å². The first kappa shape index (κ1) is 12.2. The molecule has 84 valence electrons. The third-order valence-electron chi connectivity index (χ3n) is 2.62. The van der Waals surface area contributed by atoms with Crippen LogP contribution in [0.15, 0.2) is 24.3 Å². The SMILES string of the molecule is CC(C)C(O)CCCc1cccc(F)c1. The molecule has 0 amide bonds. The standard InChI is InChI=1S/C13H19FO/c1-10(2)13(15)8-4-6-11-5-3-7-12(14)9-11/h3,5,7,9-10,13,15H,4,6,8H2,1-2H3. The van der Waals surface area contributed by atoms with E-state index < -0.39 is 0 Å². The maximum absolute atomic E-state index is 12.8. The summed E-state index contributed by atoms with van der Waals surface area (Å²) in [6.07, 6.45) is 2.29. The minimum absolute atomic E-state index is 0.183. The summed E-state index contributed by atoms with van der Waals surface area (Å²) < 4.78 is 12.8. The van der Waals surface area contributed by atoms with Gasteiger partial charge in [0, 0.05) is 0 Å². The van der Waals surface area contributed by atoms with E-state index in [1.165, 1.54) is 6.07 Å². The highest BCUT2D eigenvalue weighted by atomic mass is 19.1. The van der Waals surface area contributed by atoms with Crippen LogP contribution in [-0.4, -0.2) is 11.2 Å². The van der Waals surface area contributed by atoms with E-state index in [0.29, 0.717) is 5.92 Å². The summed E-state index contributed by atoms with van der Waals surface area (Å²) in [6.45, 7) is 4.01. The summed E-state index contributed by atoms with van der Waals surface area (Å²) in [7, 11) is 0. The highest BCUT2D eigenvalue weighted by Gasteiger charge is 2.08. The predicted molar refractivity (Wildman–Crippen MR) is 60.2 cm³/mol. The lowest BCUT2D eigenvalue weighted by Crippen LogP contribution is -2.14. The van der Waals surface area contributed by atoms with E-state index in [0.717, 1.165) is 24.8 Å². The zero-order chi connectivity index (χ0) is 11.3. The van der Waals surface area contributed by atoms with Crippen molar-refractivity contribution in [2.75, 3.05) is 0 Å². The third kappa shape index (κ3) is 4.43. The van der Waals surface area contributed by atoms with E-state index in [2.05, 4.69) is 0 Å². The van der Waals surface area contributed by atoms with Crippen LogP contribution in [0.1, 0.15) is 32.3 Å². The lowest BCUT2D eigenvalue weighted by Gasteiger charge is -2.13. The summed E-state index contributed by atoms with van der Waals surface area (Å²) in [4.78, 5) is 0. The van der Waals surface area contributed by atoms with Gasteiger partial charge in [0.1, 0.15) is 5.82 Å². The third-order valence-corrected chi connectivity index (χ3v) is 2.62. The highest BCUT2D eigenvalue weighted by Crippen LogP contribution is 2.12. The molecule has 1 atom stereocenters. The topological polar surface area (TPSA) is 20.2 Å². The predicted octanol–water partition coefficient (Wildman–Crippen LogP) is 3.17. The first-order valence-electron chi connectivity index (χ1n) is 5.52. The van der Waals surface area contributed by atoms with Crippen molar-refractivity contribution in [1.29, 1.82) is 0 Å². The molecule has 0 radical (unpaired) electrons. The molecular formula is C13H19FO. The maximum Gasteiger partial charge on any atom is 0.123 e. The van der Waals surface area contributed by atoms with Crippen molar-refractivity contribution in [3.8, 4) is 0 Å². The number of hydrogen-bond donors (Lipinski definition) is 1. The van der Waals surface area contributed by atoms with Gasteiger partial charge in [-0.25, -0.2) is 4.39 Å². The van der Waals surface area contributed by atoms with Gasteiger partial charge in [-0.1, -0.05) is 26.0 Å². The van der Waals surface area contributed by atoms with Gasteiger partial charge in [-0.2, -0.15) is 0 Å². The van der Waals surface area contributed by atoms with Gasteiger partial charge in [0.15, 0.2) is 0 Å². The van der Waals surface area contributed by atoms with Gasteiger partial charge in [0.05, 0.1) is 6.10 Å². The Bertz CT molecular complexity index is 296. The zero-order valence-electron chi connectivity index (χ0n) is 9.41. The smallest absolute Gasteiger partial charge is 0.123 e. The molecule has 0 saturated heterocycles. The largest absolute Gasteiger partial charge is 0.393 e. The van der Waals surface area contributed by atoms with Gasteiger partial charge in [-0.3, -0.25) is 0 Å². The molecule has 2 heteroatoms. The molecule has 0 aliphatic carbocycles. The van der Waals surface area contributed by atoms with E-state index in [9.17, 15) is 9.50 Å². The molecule has 0 spiro atoms. The fourth-order valence-electron chi connectivity index (χ4n) is 1.54. The van der Waals surface area contributed by atoms with Crippen molar-refractivity contribution in [3.05, 3.63) is 35.6 Å². The molecule has 1 nitrogen and oxygen atoms in total. The molecule has 1 aromatic carbocycles. The molecule has 1 N–H and O–H groups in total. The van der Waals surface area contributed by atoms with Crippen molar-refractivity contribution >= 4 is 0 Å². The van der Waals surface area contributed by atoms with Gasteiger partial charge in [-0.15, -0.1) is 0 Å². The van der Waals surface area contributed by atoms with Gasteiger partial charge in [0.2, 0.25) is 0 Å². The molecular weight excluding hydrogens is 191 g/mol. The van der Waals surface area contributed by atoms with E-state index >= 15 is 0 Å². The second-order valence-corrected chi connectivity index (χ2v) is 4.33. The molecule has 1 unspecified atom stereocenters. The molecule has 0 aliphatic rings. The van der Waals surface area contributed by atoms with Crippen LogP contribution in [-0.2, 0) is 6.42 Å². The first-order chi connectivity index (χ1) is 7.09. The minimum atomic E-state index is -0.237. The molecule has 0 fully saturated rings. The fourth-order valence-corrected chi connectivity index (χ4v) is 1.54. The summed E-state index contributed by atoms with van der Waals surface area (Å²) in [5.41, 5.74) is 1.01. The summed E-state index contributed by atoms with van der Waals surface area (Å²) in [5, 5.41) is 9.58. The van der Waals surface area contributed by atoms with E-state index in [1.807, 2.05) is 19.9 Å². The zero-order valence-corrected chi connectivity index (χ0v) is 9.41. The second-order valence-electron chi connectivity index (χ2n) is 4.33. The average Bonchev–Trinajstić information content (AvgIpc) is 2.17. The lowest BCUT2D eigenvalue weighted by atomic mass is 9.99. The van der Waals surface area contributed by atoms with E-state index in [-0.39, 0.29) is 11.9 Å². The number of aliphatic hydroxyl groups is 1. The van der Waals surface area contributed by atoms with Gasteiger partial charge in [-0.05, 0) is 42.9 Å². The number of aliphatic hydroxyl groups excluding tert-OH is 1. The van der Waals surface area contributed by atoms with Crippen molar-refractivity contribution in [3.63, 3.8) is 0 Å². The molecule has 0 aliphatic heterocycles. The van der Waals surface area contributed by atoms with Crippen LogP contribution in [0.2, 0.25) is 0 Å². The molecule has 0 heterocycles. The number of hydrogen-bond acceptors (Lipinski definition) is 1. The minimum Gasteiger partial charge on any atom is -0.393 e. The van der Waals surface area contributed by atoms with E-state index in [4.69, 9.17) is 0 Å². The quantitative estimate of drug-likeness (QED) is 0.791. The average molecular weight is 210 g/mol. The van der Waals surface area contributed by atoms with Crippen molar-refractivity contribution in [1.82, 2.24) is 0 Å². The summed E-state index contributed by atoms with van der Waals surface area (Å²) in [6, 6.07) is 6.66. The van der Waals surface area contributed by atoms with Crippen molar-refractivity contribution in [2.45, 2.75) is 39.2 Å². The van der Waals surface area contributed by atoms with Crippen LogP contribution < -0.4 is 0 Å². The van der Waals surface area contributed by atoms with Crippen LogP contribution in [0.4, 0.5) is 4.39 Å². The molecule has 1 rings (SSSR count). The number of halogens is 1. The molecule has 0 bridgehead atoms. The summed E-state index contributed by atoms with van der Waals surface area (Å²) in [5.74, 6) is 0.120. The maximum atomic E-state index is 12.8.